The molecule has 4 N–H and O–H groups in total. The molecule has 0 aliphatic heterocycles. The Morgan fingerprint density at radius 2 is 2.00 bits per heavy atom. The lowest BCUT2D eigenvalue weighted by Gasteiger charge is -2.47. The Labute approximate surface area is 79.3 Å². The highest BCUT2D eigenvalue weighted by Gasteiger charge is 2.43. The molecule has 0 aromatic heterocycles. The predicted molar refractivity (Wildman–Crippen MR) is 51.1 cm³/mol. The van der Waals surface area contributed by atoms with Gasteiger partial charge in [-0.1, -0.05) is 6.92 Å². The summed E-state index contributed by atoms with van der Waals surface area (Å²) in [7, 11) is -2.02. The molecule has 0 heterocycles. The van der Waals surface area contributed by atoms with Crippen LogP contribution in [0.15, 0.2) is 0 Å². The smallest absolute Gasteiger partial charge is 0.276 e. The lowest BCUT2D eigenvalue weighted by Crippen LogP contribution is -2.54. The summed E-state index contributed by atoms with van der Waals surface area (Å²) in [5, 5.41) is 4.99. The largest absolute Gasteiger partial charge is 0.330 e. The van der Waals surface area contributed by atoms with Gasteiger partial charge in [0.2, 0.25) is 0 Å². The Morgan fingerprint density at radius 3 is 2.31 bits per heavy atom. The van der Waals surface area contributed by atoms with Crippen LogP contribution in [-0.2, 0) is 10.2 Å². The summed E-state index contributed by atoms with van der Waals surface area (Å²) >= 11 is 0. The first-order valence-corrected chi connectivity index (χ1v) is 5.75. The summed E-state index contributed by atoms with van der Waals surface area (Å²) in [6.45, 7) is 2.66. The molecule has 0 aromatic carbocycles. The molecule has 0 saturated heterocycles. The van der Waals surface area contributed by atoms with Crippen molar-refractivity contribution in [1.29, 1.82) is 0 Å². The van der Waals surface area contributed by atoms with Crippen LogP contribution in [0, 0.1) is 5.41 Å². The van der Waals surface area contributed by atoms with Gasteiger partial charge in [-0.25, -0.2) is 5.14 Å². The van der Waals surface area contributed by atoms with E-state index < -0.39 is 10.2 Å². The molecule has 5 nitrogen and oxygen atoms in total. The van der Waals surface area contributed by atoms with Crippen molar-refractivity contribution in [2.75, 3.05) is 13.6 Å². The number of rotatable bonds is 3. The summed E-state index contributed by atoms with van der Waals surface area (Å²) in [5.41, 5.74) is 5.64. The van der Waals surface area contributed by atoms with Gasteiger partial charge in [-0.2, -0.15) is 12.7 Å². The maximum atomic E-state index is 10.9. The van der Waals surface area contributed by atoms with Crippen molar-refractivity contribution in [1.82, 2.24) is 4.31 Å². The minimum absolute atomic E-state index is 0.0311. The number of nitrogens with zero attached hydrogens (tertiary/aromatic N) is 1. The highest BCUT2D eigenvalue weighted by molar-refractivity contribution is 7.86. The van der Waals surface area contributed by atoms with Crippen LogP contribution < -0.4 is 10.9 Å². The van der Waals surface area contributed by atoms with Crippen LogP contribution in [0.4, 0.5) is 0 Å². The summed E-state index contributed by atoms with van der Waals surface area (Å²) in [4.78, 5) is 0. The zero-order chi connectivity index (χ0) is 10.3. The summed E-state index contributed by atoms with van der Waals surface area (Å²) in [5.74, 6) is 0. The number of hydrogen-bond acceptors (Lipinski definition) is 3. The van der Waals surface area contributed by atoms with E-state index in [9.17, 15) is 8.42 Å². The fraction of sp³-hybridized carbons (Fsp3) is 1.00. The summed E-state index contributed by atoms with van der Waals surface area (Å²) in [6.07, 6.45) is 1.60. The van der Waals surface area contributed by atoms with Gasteiger partial charge in [-0.3, -0.25) is 0 Å². The van der Waals surface area contributed by atoms with E-state index in [1.54, 1.807) is 0 Å². The highest BCUT2D eigenvalue weighted by Crippen LogP contribution is 2.42. The molecule has 0 bridgehead atoms. The lowest BCUT2D eigenvalue weighted by atomic mass is 9.67. The predicted octanol–water partition coefficient (Wildman–Crippen LogP) is -0.751. The third kappa shape index (κ3) is 2.19. The van der Waals surface area contributed by atoms with E-state index in [4.69, 9.17) is 10.9 Å². The van der Waals surface area contributed by atoms with Crippen LogP contribution in [-0.4, -0.2) is 32.4 Å². The van der Waals surface area contributed by atoms with Crippen LogP contribution in [0.1, 0.15) is 19.8 Å². The lowest BCUT2D eigenvalue weighted by molar-refractivity contribution is 0.0755. The van der Waals surface area contributed by atoms with Crippen LogP contribution in [0.3, 0.4) is 0 Å². The molecule has 1 saturated carbocycles. The van der Waals surface area contributed by atoms with E-state index in [-0.39, 0.29) is 11.5 Å². The maximum Gasteiger partial charge on any atom is 0.276 e. The van der Waals surface area contributed by atoms with Crippen molar-refractivity contribution in [2.24, 2.45) is 16.3 Å². The second-order valence-electron chi connectivity index (χ2n) is 4.14. The fourth-order valence-electron chi connectivity index (χ4n) is 1.71. The molecule has 6 heteroatoms. The van der Waals surface area contributed by atoms with Gasteiger partial charge >= 0.3 is 0 Å². The Balaban J connectivity index is 2.54. The standard InChI is InChI=1S/C7H17N3O2S/c1-7(5-8)3-6(4-7)10(2)13(9,11)12/h6H,3-5,8H2,1-2H3,(H2,9,11,12). The minimum atomic E-state index is -3.53. The Hall–Kier alpha value is -0.170. The molecular weight excluding hydrogens is 190 g/mol. The Kier molecular flexibility index (Phi) is 2.68. The van der Waals surface area contributed by atoms with Crippen LogP contribution in [0.2, 0.25) is 0 Å². The van der Waals surface area contributed by atoms with Crippen molar-refractivity contribution in [3.63, 3.8) is 0 Å². The molecule has 1 aliphatic carbocycles. The first kappa shape index (κ1) is 10.9. The maximum absolute atomic E-state index is 10.9. The Morgan fingerprint density at radius 1 is 1.54 bits per heavy atom. The molecule has 0 amide bonds. The van der Waals surface area contributed by atoms with Gasteiger partial charge in [0.25, 0.3) is 10.2 Å². The molecule has 78 valence electrons. The zero-order valence-corrected chi connectivity index (χ0v) is 8.84. The second-order valence-corrected chi connectivity index (χ2v) is 5.74. The molecule has 1 fully saturated rings. The van der Waals surface area contributed by atoms with E-state index in [1.807, 2.05) is 0 Å². The van der Waals surface area contributed by atoms with E-state index in [1.165, 1.54) is 11.4 Å². The van der Waals surface area contributed by atoms with Gasteiger partial charge in [0.1, 0.15) is 0 Å². The molecular formula is C7H17N3O2S. The van der Waals surface area contributed by atoms with Gasteiger partial charge < -0.3 is 5.73 Å². The highest BCUT2D eigenvalue weighted by atomic mass is 32.2. The van der Waals surface area contributed by atoms with Crippen LogP contribution in [0.5, 0.6) is 0 Å². The van der Waals surface area contributed by atoms with Crippen LogP contribution >= 0.6 is 0 Å². The summed E-state index contributed by atoms with van der Waals surface area (Å²) in [6, 6.07) is 0.0311. The minimum Gasteiger partial charge on any atom is -0.330 e. The molecule has 0 atom stereocenters. The average molecular weight is 207 g/mol. The van der Waals surface area contributed by atoms with Crippen molar-refractivity contribution in [2.45, 2.75) is 25.8 Å². The van der Waals surface area contributed by atoms with Crippen molar-refractivity contribution in [3.8, 4) is 0 Å². The van der Waals surface area contributed by atoms with E-state index in [2.05, 4.69) is 6.92 Å². The Bertz CT molecular complexity index is 282. The van der Waals surface area contributed by atoms with Crippen molar-refractivity contribution >= 4 is 10.2 Å². The van der Waals surface area contributed by atoms with Crippen LogP contribution in [0.25, 0.3) is 0 Å². The monoisotopic (exact) mass is 207 g/mol. The number of nitrogens with two attached hydrogens (primary N) is 2. The molecule has 0 unspecified atom stereocenters. The molecule has 0 radical (unpaired) electrons. The van der Waals surface area contributed by atoms with E-state index in [0.717, 1.165) is 12.8 Å². The van der Waals surface area contributed by atoms with Gasteiger partial charge in [0.05, 0.1) is 0 Å². The quantitative estimate of drug-likeness (QED) is 0.638. The molecule has 13 heavy (non-hydrogen) atoms. The molecule has 1 aliphatic rings. The van der Waals surface area contributed by atoms with Gasteiger partial charge in [0, 0.05) is 13.1 Å². The van der Waals surface area contributed by atoms with Gasteiger partial charge in [-0.05, 0) is 24.8 Å². The van der Waals surface area contributed by atoms with Gasteiger partial charge in [0.15, 0.2) is 0 Å². The van der Waals surface area contributed by atoms with Gasteiger partial charge in [-0.15, -0.1) is 0 Å². The second kappa shape index (κ2) is 3.20. The third-order valence-corrected chi connectivity index (χ3v) is 3.97. The normalized spacial score (nSPS) is 34.7. The average Bonchev–Trinajstić information content (AvgIpc) is 1.95. The van der Waals surface area contributed by atoms with E-state index >= 15 is 0 Å². The van der Waals surface area contributed by atoms with Crippen molar-refractivity contribution in [3.05, 3.63) is 0 Å². The molecule has 0 spiro atoms. The van der Waals surface area contributed by atoms with E-state index in [0.29, 0.717) is 6.54 Å². The first-order valence-electron chi connectivity index (χ1n) is 4.24. The third-order valence-electron chi connectivity index (χ3n) is 2.87. The zero-order valence-electron chi connectivity index (χ0n) is 8.03. The topological polar surface area (TPSA) is 89.4 Å². The SMILES string of the molecule is CN(C1CC(C)(CN)C1)S(N)(=O)=O. The number of hydrogen-bond donors (Lipinski definition) is 2. The molecule has 0 aromatic rings. The van der Waals surface area contributed by atoms with Crippen molar-refractivity contribution < 1.29 is 8.42 Å². The summed E-state index contributed by atoms with van der Waals surface area (Å²) < 4.78 is 23.1. The molecule has 1 rings (SSSR count). The first-order chi connectivity index (χ1) is 5.78. The fourth-order valence-corrected chi connectivity index (χ4v) is 2.27.